The van der Waals surface area contributed by atoms with Gasteiger partial charge >= 0.3 is 0 Å². The summed E-state index contributed by atoms with van der Waals surface area (Å²) in [4.78, 5) is 20.3. The summed E-state index contributed by atoms with van der Waals surface area (Å²) in [6.07, 6.45) is 0.840. The second-order valence-corrected chi connectivity index (χ2v) is 5.34. The Kier molecular flexibility index (Phi) is 3.71. The average molecular weight is 269 g/mol. The highest BCUT2D eigenvalue weighted by atomic mass is 35.5. The lowest BCUT2D eigenvalue weighted by molar-refractivity contribution is -0.119. The van der Waals surface area contributed by atoms with Gasteiger partial charge in [0.2, 0.25) is 11.2 Å². The van der Waals surface area contributed by atoms with Gasteiger partial charge in [-0.15, -0.1) is 0 Å². The van der Waals surface area contributed by atoms with Crippen molar-refractivity contribution in [3.63, 3.8) is 0 Å². The quantitative estimate of drug-likeness (QED) is 0.809. The van der Waals surface area contributed by atoms with Gasteiger partial charge in [0, 0.05) is 6.54 Å². The number of nitrogens with zero attached hydrogens (tertiary/aromatic N) is 2. The second kappa shape index (κ2) is 5.10. The Morgan fingerprint density at radius 1 is 1.44 bits per heavy atom. The van der Waals surface area contributed by atoms with Crippen LogP contribution in [0.15, 0.2) is 0 Å². The zero-order valence-electron chi connectivity index (χ0n) is 10.7. The molecule has 5 nitrogen and oxygen atoms in total. The van der Waals surface area contributed by atoms with E-state index >= 15 is 0 Å². The van der Waals surface area contributed by atoms with Crippen LogP contribution in [0.2, 0.25) is 5.28 Å². The molecule has 0 aliphatic carbocycles. The number of hydrogen-bond acceptors (Lipinski definition) is 4. The molecular formula is C12H17ClN4O. The first-order chi connectivity index (χ1) is 8.47. The molecule has 1 aromatic heterocycles. The van der Waals surface area contributed by atoms with Crippen LogP contribution in [0.4, 0.5) is 11.5 Å². The number of carbonyl (C=O) groups excluding carboxylic acids is 1. The highest BCUT2D eigenvalue weighted by molar-refractivity contribution is 6.28. The topological polar surface area (TPSA) is 66.9 Å². The first kappa shape index (κ1) is 13.1. The summed E-state index contributed by atoms with van der Waals surface area (Å²) < 4.78 is 0. The van der Waals surface area contributed by atoms with E-state index in [1.807, 2.05) is 0 Å². The van der Waals surface area contributed by atoms with E-state index in [2.05, 4.69) is 34.4 Å². The number of aromatic nitrogens is 2. The standard InChI is InChI=1S/C12H17ClN4O/c1-6(2)4-8-5-14-10-9(16-11(8)18)7(3)15-12(13)17-10/h6,8H,4-5H2,1-3H3,(H,16,18)(H,14,15,17). The molecule has 2 rings (SSSR count). The minimum Gasteiger partial charge on any atom is -0.367 e. The third kappa shape index (κ3) is 2.72. The van der Waals surface area contributed by atoms with Gasteiger partial charge < -0.3 is 10.6 Å². The van der Waals surface area contributed by atoms with Crippen molar-refractivity contribution < 1.29 is 4.79 Å². The van der Waals surface area contributed by atoms with E-state index in [-0.39, 0.29) is 17.1 Å². The summed E-state index contributed by atoms with van der Waals surface area (Å²) in [6.45, 7) is 6.58. The molecule has 18 heavy (non-hydrogen) atoms. The maximum Gasteiger partial charge on any atom is 0.229 e. The SMILES string of the molecule is Cc1nc(Cl)nc2c1NC(=O)C(CC(C)C)CN2. The second-order valence-electron chi connectivity index (χ2n) is 5.00. The van der Waals surface area contributed by atoms with Crippen molar-refractivity contribution in [1.82, 2.24) is 9.97 Å². The number of carbonyl (C=O) groups is 1. The molecule has 0 saturated carbocycles. The van der Waals surface area contributed by atoms with Gasteiger partial charge in [-0.25, -0.2) is 4.98 Å². The molecule has 1 atom stereocenters. The van der Waals surface area contributed by atoms with Crippen molar-refractivity contribution in [3.05, 3.63) is 11.0 Å². The average Bonchev–Trinajstić information content (AvgIpc) is 2.40. The van der Waals surface area contributed by atoms with Crippen molar-refractivity contribution in [2.45, 2.75) is 27.2 Å². The zero-order valence-corrected chi connectivity index (χ0v) is 11.5. The van der Waals surface area contributed by atoms with Crippen molar-refractivity contribution in [1.29, 1.82) is 0 Å². The van der Waals surface area contributed by atoms with E-state index < -0.39 is 0 Å². The molecule has 2 heterocycles. The lowest BCUT2D eigenvalue weighted by atomic mass is 9.96. The molecular weight excluding hydrogens is 252 g/mol. The monoisotopic (exact) mass is 268 g/mol. The fourth-order valence-electron chi connectivity index (χ4n) is 2.11. The van der Waals surface area contributed by atoms with Crippen molar-refractivity contribution in [3.8, 4) is 0 Å². The first-order valence-corrected chi connectivity index (χ1v) is 6.44. The van der Waals surface area contributed by atoms with Crippen LogP contribution in [0.1, 0.15) is 26.0 Å². The van der Waals surface area contributed by atoms with Gasteiger partial charge in [0.1, 0.15) is 5.69 Å². The maximum atomic E-state index is 12.1. The smallest absolute Gasteiger partial charge is 0.229 e. The van der Waals surface area contributed by atoms with Crippen molar-refractivity contribution >= 4 is 29.0 Å². The number of nitrogens with one attached hydrogen (secondary N) is 2. The summed E-state index contributed by atoms with van der Waals surface area (Å²) >= 11 is 5.82. The molecule has 0 bridgehead atoms. The van der Waals surface area contributed by atoms with E-state index in [9.17, 15) is 4.79 Å². The molecule has 1 aromatic rings. The van der Waals surface area contributed by atoms with Crippen LogP contribution in [0.25, 0.3) is 0 Å². The Labute approximate surface area is 111 Å². The first-order valence-electron chi connectivity index (χ1n) is 6.06. The molecule has 0 fully saturated rings. The van der Waals surface area contributed by atoms with Crippen molar-refractivity contribution in [2.75, 3.05) is 17.2 Å². The van der Waals surface area contributed by atoms with Crippen LogP contribution >= 0.6 is 11.6 Å². The van der Waals surface area contributed by atoms with E-state index in [1.165, 1.54) is 0 Å². The predicted molar refractivity (Wildman–Crippen MR) is 71.8 cm³/mol. The molecule has 1 unspecified atom stereocenters. The van der Waals surface area contributed by atoms with Gasteiger partial charge in [0.25, 0.3) is 0 Å². The summed E-state index contributed by atoms with van der Waals surface area (Å²) in [7, 11) is 0. The minimum absolute atomic E-state index is 0.0176. The van der Waals surface area contributed by atoms with Crippen LogP contribution in [0.5, 0.6) is 0 Å². The van der Waals surface area contributed by atoms with Gasteiger partial charge in [0.15, 0.2) is 5.82 Å². The number of amides is 1. The number of fused-ring (bicyclic) bond motifs is 1. The van der Waals surface area contributed by atoms with Crippen LogP contribution < -0.4 is 10.6 Å². The highest BCUT2D eigenvalue weighted by Crippen LogP contribution is 2.28. The molecule has 0 aromatic carbocycles. The molecule has 1 aliphatic rings. The largest absolute Gasteiger partial charge is 0.367 e. The molecule has 6 heteroatoms. The van der Waals surface area contributed by atoms with E-state index in [0.717, 1.165) is 6.42 Å². The van der Waals surface area contributed by atoms with Crippen LogP contribution in [-0.2, 0) is 4.79 Å². The summed E-state index contributed by atoms with van der Waals surface area (Å²) in [5.41, 5.74) is 1.31. The lowest BCUT2D eigenvalue weighted by Gasteiger charge is -2.15. The van der Waals surface area contributed by atoms with Gasteiger partial charge in [-0.3, -0.25) is 4.79 Å². The summed E-state index contributed by atoms with van der Waals surface area (Å²) in [5.74, 6) is 1.04. The van der Waals surface area contributed by atoms with Gasteiger partial charge in [-0.2, -0.15) is 4.98 Å². The van der Waals surface area contributed by atoms with E-state index in [0.29, 0.717) is 29.7 Å². The molecule has 2 N–H and O–H groups in total. The Balaban J connectivity index is 2.27. The van der Waals surface area contributed by atoms with Gasteiger partial charge in [0.05, 0.1) is 11.6 Å². The fraction of sp³-hybridized carbons (Fsp3) is 0.583. The number of aryl methyl sites for hydroxylation is 1. The zero-order chi connectivity index (χ0) is 13.3. The molecule has 0 spiro atoms. The minimum atomic E-state index is -0.0580. The Morgan fingerprint density at radius 3 is 2.83 bits per heavy atom. The molecule has 1 aliphatic heterocycles. The number of rotatable bonds is 2. The predicted octanol–water partition coefficient (Wildman–Crippen LogP) is 2.46. The molecule has 0 saturated heterocycles. The number of anilines is 2. The molecule has 1 amide bonds. The number of halogens is 1. The van der Waals surface area contributed by atoms with Crippen LogP contribution in [0.3, 0.4) is 0 Å². The van der Waals surface area contributed by atoms with Crippen LogP contribution in [0, 0.1) is 18.8 Å². The Morgan fingerprint density at radius 2 is 2.17 bits per heavy atom. The maximum absolute atomic E-state index is 12.1. The van der Waals surface area contributed by atoms with Gasteiger partial charge in [-0.05, 0) is 30.9 Å². The van der Waals surface area contributed by atoms with Gasteiger partial charge in [-0.1, -0.05) is 13.8 Å². The third-order valence-corrected chi connectivity index (χ3v) is 3.12. The lowest BCUT2D eigenvalue weighted by Crippen LogP contribution is -2.27. The molecule has 98 valence electrons. The Hall–Kier alpha value is -1.36. The fourth-order valence-corrected chi connectivity index (χ4v) is 2.32. The normalized spacial score (nSPS) is 18.9. The third-order valence-electron chi connectivity index (χ3n) is 2.95. The molecule has 0 radical (unpaired) electrons. The summed E-state index contributed by atoms with van der Waals surface area (Å²) in [5, 5.41) is 6.25. The van der Waals surface area contributed by atoms with Crippen molar-refractivity contribution in [2.24, 2.45) is 11.8 Å². The highest BCUT2D eigenvalue weighted by Gasteiger charge is 2.26. The van der Waals surface area contributed by atoms with E-state index in [4.69, 9.17) is 11.6 Å². The number of hydrogen-bond donors (Lipinski definition) is 2. The summed E-state index contributed by atoms with van der Waals surface area (Å²) in [6, 6.07) is 0. The Bertz CT molecular complexity index is 475. The van der Waals surface area contributed by atoms with E-state index in [1.54, 1.807) is 6.92 Å². The van der Waals surface area contributed by atoms with Crippen LogP contribution in [-0.4, -0.2) is 22.4 Å².